The zero-order valence-corrected chi connectivity index (χ0v) is 19.0. The fraction of sp³-hybridized carbons (Fsp3) is 0.538. The van der Waals surface area contributed by atoms with E-state index in [2.05, 4.69) is 74.5 Å². The van der Waals surface area contributed by atoms with E-state index in [9.17, 15) is 0 Å². The van der Waals surface area contributed by atoms with Crippen LogP contribution in [0.4, 0.5) is 0 Å². The van der Waals surface area contributed by atoms with Crippen LogP contribution in [0.2, 0.25) is 0 Å². The van der Waals surface area contributed by atoms with Crippen molar-refractivity contribution in [3.8, 4) is 0 Å². The fourth-order valence-electron chi connectivity index (χ4n) is 3.70. The predicted octanol–water partition coefficient (Wildman–Crippen LogP) is 6.37. The zero-order chi connectivity index (χ0) is 19.9. The molecule has 1 radical (unpaired) electrons. The third-order valence-corrected chi connectivity index (χ3v) is 7.67. The van der Waals surface area contributed by atoms with Gasteiger partial charge in [0.05, 0.1) is 0 Å². The predicted molar refractivity (Wildman–Crippen MR) is 125 cm³/mol. The highest BCUT2D eigenvalue weighted by Crippen LogP contribution is 2.17. The first-order valence-electron chi connectivity index (χ1n) is 11.4. The average Bonchev–Trinajstić information content (AvgIpc) is 2.74. The molecule has 1 atom stereocenters. The first-order valence-corrected chi connectivity index (χ1v) is 12.8. The maximum absolute atomic E-state index is 6.43. The Labute approximate surface area is 175 Å². The zero-order valence-electron chi connectivity index (χ0n) is 18.0. The molecule has 153 valence electrons. The number of benzene rings is 2. The summed E-state index contributed by atoms with van der Waals surface area (Å²) in [7, 11) is -1.13. The van der Waals surface area contributed by atoms with Gasteiger partial charge in [0.25, 0.3) is 9.04 Å². The van der Waals surface area contributed by atoms with E-state index in [0.717, 1.165) is 12.5 Å². The van der Waals surface area contributed by atoms with E-state index < -0.39 is 9.04 Å². The van der Waals surface area contributed by atoms with Gasteiger partial charge in [-0.05, 0) is 22.7 Å². The molecule has 1 nitrogen and oxygen atoms in total. The number of hydrogen-bond donors (Lipinski definition) is 0. The van der Waals surface area contributed by atoms with Crippen LogP contribution in [0.25, 0.3) is 0 Å². The molecule has 0 fully saturated rings. The van der Waals surface area contributed by atoms with Crippen molar-refractivity contribution in [1.29, 1.82) is 0 Å². The summed E-state index contributed by atoms with van der Waals surface area (Å²) in [6.07, 6.45) is 13.6. The Bertz CT molecular complexity index is 559. The van der Waals surface area contributed by atoms with Crippen LogP contribution in [0.1, 0.15) is 78.1 Å². The lowest BCUT2D eigenvalue weighted by Crippen LogP contribution is -2.45. The van der Waals surface area contributed by atoms with Crippen molar-refractivity contribution < 1.29 is 4.43 Å². The molecule has 0 N–H and O–H groups in total. The molecule has 2 heteroatoms. The Hall–Kier alpha value is -1.38. The van der Waals surface area contributed by atoms with E-state index in [1.54, 1.807) is 0 Å². The summed E-state index contributed by atoms with van der Waals surface area (Å²) in [6.45, 7) is 5.59. The summed E-state index contributed by atoms with van der Waals surface area (Å²) in [4.78, 5) is 0. The van der Waals surface area contributed by atoms with E-state index in [1.165, 1.54) is 74.6 Å². The molecule has 1 unspecified atom stereocenters. The molecule has 0 aliphatic heterocycles. The van der Waals surface area contributed by atoms with Crippen LogP contribution >= 0.6 is 0 Å². The minimum atomic E-state index is -1.13. The van der Waals surface area contributed by atoms with Crippen molar-refractivity contribution in [3.05, 3.63) is 60.7 Å². The van der Waals surface area contributed by atoms with Crippen LogP contribution in [-0.4, -0.2) is 15.6 Å². The minimum Gasteiger partial charge on any atom is -0.407 e. The summed E-state index contributed by atoms with van der Waals surface area (Å²) in [5.74, 6) is 0.860. The molecule has 0 aliphatic carbocycles. The average molecular weight is 396 g/mol. The summed E-state index contributed by atoms with van der Waals surface area (Å²) in [6, 6.07) is 21.5. The van der Waals surface area contributed by atoms with Gasteiger partial charge in [-0.3, -0.25) is 0 Å². The molecule has 0 saturated carbocycles. The third kappa shape index (κ3) is 9.21. The standard InChI is InChI=1S/C26H39OSi/c1-3-4-5-6-7-10-17-24(2)18-15-16-23-27-28(25-19-11-8-12-20-25)26-21-13-9-14-22-26/h8-9,11-14,19-22,24H,3-7,10,15-18,23H2,1-2H3. The molecule has 2 rings (SSSR count). The highest BCUT2D eigenvalue weighted by Gasteiger charge is 2.18. The Balaban J connectivity index is 1.65. The van der Waals surface area contributed by atoms with Gasteiger partial charge in [0.1, 0.15) is 0 Å². The third-order valence-electron chi connectivity index (χ3n) is 5.46. The SMILES string of the molecule is CCCCCCCCC(C)CCCCO[Si](c1ccccc1)c1ccccc1. The molecule has 0 aromatic heterocycles. The van der Waals surface area contributed by atoms with E-state index in [1.807, 2.05) is 0 Å². The van der Waals surface area contributed by atoms with Gasteiger partial charge in [0.2, 0.25) is 0 Å². The number of unbranched alkanes of at least 4 members (excludes halogenated alkanes) is 6. The van der Waals surface area contributed by atoms with Crippen molar-refractivity contribution >= 4 is 19.4 Å². The van der Waals surface area contributed by atoms with Crippen molar-refractivity contribution in [2.75, 3.05) is 6.61 Å². The van der Waals surface area contributed by atoms with Crippen LogP contribution < -0.4 is 10.4 Å². The summed E-state index contributed by atoms with van der Waals surface area (Å²) in [5.41, 5.74) is 0. The number of rotatable bonds is 15. The molecule has 0 aliphatic rings. The van der Waals surface area contributed by atoms with Gasteiger partial charge in [0.15, 0.2) is 0 Å². The largest absolute Gasteiger partial charge is 0.407 e. The maximum Gasteiger partial charge on any atom is 0.282 e. The lowest BCUT2D eigenvalue weighted by Gasteiger charge is -2.17. The van der Waals surface area contributed by atoms with E-state index >= 15 is 0 Å². The topological polar surface area (TPSA) is 9.23 Å². The first kappa shape index (κ1) is 22.9. The Morgan fingerprint density at radius 1 is 0.679 bits per heavy atom. The van der Waals surface area contributed by atoms with E-state index in [0.29, 0.717) is 0 Å². The molecule has 2 aromatic carbocycles. The molecular formula is C26H39OSi. The van der Waals surface area contributed by atoms with Gasteiger partial charge in [0, 0.05) is 6.61 Å². The number of hydrogen-bond acceptors (Lipinski definition) is 1. The van der Waals surface area contributed by atoms with Crippen LogP contribution in [-0.2, 0) is 4.43 Å². The van der Waals surface area contributed by atoms with Crippen molar-refractivity contribution in [3.63, 3.8) is 0 Å². The van der Waals surface area contributed by atoms with Gasteiger partial charge < -0.3 is 4.43 Å². The fourth-order valence-corrected chi connectivity index (χ4v) is 5.70. The van der Waals surface area contributed by atoms with Gasteiger partial charge in [-0.1, -0.05) is 132 Å². The van der Waals surface area contributed by atoms with Gasteiger partial charge in [-0.2, -0.15) is 0 Å². The minimum absolute atomic E-state index is 0.860. The van der Waals surface area contributed by atoms with Gasteiger partial charge >= 0.3 is 0 Å². The summed E-state index contributed by atoms with van der Waals surface area (Å²) >= 11 is 0. The van der Waals surface area contributed by atoms with Crippen molar-refractivity contribution in [1.82, 2.24) is 0 Å². The van der Waals surface area contributed by atoms with E-state index in [4.69, 9.17) is 4.43 Å². The second-order valence-corrected chi connectivity index (χ2v) is 10.2. The highest BCUT2D eigenvalue weighted by molar-refractivity contribution is 6.80. The molecule has 0 bridgehead atoms. The first-order chi connectivity index (χ1) is 13.8. The monoisotopic (exact) mass is 395 g/mol. The van der Waals surface area contributed by atoms with Crippen LogP contribution in [0, 0.1) is 5.92 Å². The Morgan fingerprint density at radius 2 is 1.18 bits per heavy atom. The van der Waals surface area contributed by atoms with Crippen LogP contribution in [0.15, 0.2) is 60.7 Å². The maximum atomic E-state index is 6.43. The second-order valence-electron chi connectivity index (χ2n) is 8.07. The molecule has 0 saturated heterocycles. The van der Waals surface area contributed by atoms with E-state index in [-0.39, 0.29) is 0 Å². The molecular weight excluding hydrogens is 356 g/mol. The second kappa shape index (κ2) is 14.6. The molecule has 0 heterocycles. The Morgan fingerprint density at radius 3 is 1.75 bits per heavy atom. The smallest absolute Gasteiger partial charge is 0.282 e. The summed E-state index contributed by atoms with van der Waals surface area (Å²) < 4.78 is 6.43. The van der Waals surface area contributed by atoms with Gasteiger partial charge in [-0.15, -0.1) is 0 Å². The van der Waals surface area contributed by atoms with Crippen LogP contribution in [0.3, 0.4) is 0 Å². The molecule has 0 amide bonds. The lowest BCUT2D eigenvalue weighted by atomic mass is 9.97. The van der Waals surface area contributed by atoms with Crippen molar-refractivity contribution in [2.45, 2.75) is 78.1 Å². The summed E-state index contributed by atoms with van der Waals surface area (Å²) in [5, 5.41) is 2.69. The van der Waals surface area contributed by atoms with Crippen molar-refractivity contribution in [2.24, 2.45) is 5.92 Å². The normalized spacial score (nSPS) is 12.4. The quantitative estimate of drug-likeness (QED) is 0.252. The molecule has 28 heavy (non-hydrogen) atoms. The highest BCUT2D eigenvalue weighted by atomic mass is 28.3. The molecule has 0 spiro atoms. The Kier molecular flexibility index (Phi) is 11.9. The van der Waals surface area contributed by atoms with Gasteiger partial charge in [-0.25, -0.2) is 0 Å². The lowest BCUT2D eigenvalue weighted by molar-refractivity contribution is 0.310. The molecule has 2 aromatic rings. The van der Waals surface area contributed by atoms with Crippen LogP contribution in [0.5, 0.6) is 0 Å².